The summed E-state index contributed by atoms with van der Waals surface area (Å²) in [4.78, 5) is 46.5. The summed E-state index contributed by atoms with van der Waals surface area (Å²) in [6, 6.07) is 0. The first kappa shape index (κ1) is 53.5. The van der Waals surface area contributed by atoms with E-state index in [1.807, 2.05) is 0 Å². The molecule has 11 nitrogen and oxygen atoms in total. The summed E-state index contributed by atoms with van der Waals surface area (Å²) in [5.74, 6) is -1.30. The molecule has 2 atom stereocenters. The molecule has 0 saturated heterocycles. The molecule has 0 aliphatic heterocycles. The Morgan fingerprint density at radius 2 is 0.909 bits per heavy atom. The molecule has 0 radical (unpaired) electrons. The van der Waals surface area contributed by atoms with Crippen LogP contribution in [0.25, 0.3) is 0 Å². The van der Waals surface area contributed by atoms with Gasteiger partial charge in [-0.3, -0.25) is 23.4 Å². The zero-order chi connectivity index (χ0) is 40.5. The van der Waals surface area contributed by atoms with Crippen LogP contribution in [-0.4, -0.2) is 61.8 Å². The molecule has 12 heteroatoms. The second kappa shape index (κ2) is 40.7. The normalized spacial score (nSPS) is 13.0. The number of unbranched alkanes of at least 4 members (excludes halogenated alkanes) is 28. The zero-order valence-electron chi connectivity index (χ0n) is 35.5. The lowest BCUT2D eigenvalue weighted by atomic mass is 10.0. The highest BCUT2D eigenvalue weighted by Crippen LogP contribution is 2.43. The molecular weight excluding hydrogens is 719 g/mol. The van der Waals surface area contributed by atoms with Crippen LogP contribution >= 0.6 is 7.82 Å². The van der Waals surface area contributed by atoms with E-state index in [0.717, 1.165) is 38.5 Å². The van der Waals surface area contributed by atoms with Crippen molar-refractivity contribution in [2.45, 2.75) is 225 Å². The Hall–Kier alpha value is -1.52. The number of amides is 1. The first-order valence-electron chi connectivity index (χ1n) is 22.7. The van der Waals surface area contributed by atoms with E-state index < -0.39 is 38.4 Å². The second-order valence-electron chi connectivity index (χ2n) is 15.3. The van der Waals surface area contributed by atoms with E-state index in [0.29, 0.717) is 6.42 Å². The highest BCUT2D eigenvalue weighted by atomic mass is 31.2. The van der Waals surface area contributed by atoms with Crippen LogP contribution in [0.4, 0.5) is 0 Å². The molecule has 0 bridgehead atoms. The zero-order valence-corrected chi connectivity index (χ0v) is 36.4. The summed E-state index contributed by atoms with van der Waals surface area (Å²) >= 11 is 0. The predicted octanol–water partition coefficient (Wildman–Crippen LogP) is 11.2. The van der Waals surface area contributed by atoms with Crippen LogP contribution in [0.5, 0.6) is 0 Å². The minimum absolute atomic E-state index is 0.0292. The summed E-state index contributed by atoms with van der Waals surface area (Å²) in [5.41, 5.74) is 5.23. The Kier molecular flexibility index (Phi) is 39.5. The Balaban J connectivity index is 4.32. The van der Waals surface area contributed by atoms with Crippen LogP contribution in [0.2, 0.25) is 0 Å². The van der Waals surface area contributed by atoms with Gasteiger partial charge < -0.3 is 25.4 Å². The molecule has 0 aliphatic rings. The lowest BCUT2D eigenvalue weighted by Crippen LogP contribution is -2.32. The summed E-state index contributed by atoms with van der Waals surface area (Å²) < 4.78 is 33.2. The first-order chi connectivity index (χ1) is 26.7. The topological polar surface area (TPSA) is 163 Å². The Morgan fingerprint density at radius 3 is 1.29 bits per heavy atom. The smallest absolute Gasteiger partial charge is 0.462 e. The van der Waals surface area contributed by atoms with Crippen molar-refractivity contribution in [3.8, 4) is 0 Å². The van der Waals surface area contributed by atoms with Crippen LogP contribution in [-0.2, 0) is 37.5 Å². The molecule has 4 N–H and O–H groups in total. The predicted molar refractivity (Wildman–Crippen MR) is 224 cm³/mol. The van der Waals surface area contributed by atoms with Gasteiger partial charge in [-0.15, -0.1) is 0 Å². The van der Waals surface area contributed by atoms with E-state index in [1.165, 1.54) is 148 Å². The highest BCUT2D eigenvalue weighted by Gasteiger charge is 2.26. The van der Waals surface area contributed by atoms with E-state index in [1.54, 1.807) is 0 Å². The van der Waals surface area contributed by atoms with Gasteiger partial charge in [0.15, 0.2) is 6.10 Å². The maximum atomic E-state index is 12.7. The summed E-state index contributed by atoms with van der Waals surface area (Å²) in [6.45, 7) is 3.22. The van der Waals surface area contributed by atoms with Gasteiger partial charge in [0.2, 0.25) is 5.91 Å². The standard InChI is InChI=1S/C43H85N2O9P/c1-3-5-7-9-11-13-15-17-19-21-23-25-27-29-31-33-42(47)51-38-40(39-53-55(49,50)52-36-35-45-41(46)37-44)54-43(48)34-32-30-28-26-24-22-20-18-16-14-12-10-8-6-4-2/h40H,3-39,44H2,1-2H3,(H,45,46)(H,49,50)/t40-/m0/s1. The molecule has 0 aromatic heterocycles. The number of rotatable bonds is 43. The van der Waals surface area contributed by atoms with E-state index >= 15 is 0 Å². The Labute approximate surface area is 336 Å². The number of ether oxygens (including phenoxy) is 2. The molecule has 0 saturated carbocycles. The van der Waals surface area contributed by atoms with Crippen molar-refractivity contribution in [1.29, 1.82) is 0 Å². The fourth-order valence-electron chi connectivity index (χ4n) is 6.54. The summed E-state index contributed by atoms with van der Waals surface area (Å²) in [6.07, 6.45) is 36.4. The van der Waals surface area contributed by atoms with Crippen molar-refractivity contribution in [3.63, 3.8) is 0 Å². The van der Waals surface area contributed by atoms with Crippen LogP contribution in [0.15, 0.2) is 0 Å². The summed E-state index contributed by atoms with van der Waals surface area (Å²) in [5, 5.41) is 2.43. The van der Waals surface area contributed by atoms with Crippen molar-refractivity contribution >= 4 is 25.7 Å². The number of hydrogen-bond acceptors (Lipinski definition) is 9. The van der Waals surface area contributed by atoms with Crippen LogP contribution in [0.1, 0.15) is 219 Å². The SMILES string of the molecule is CCCCCCCCCCCCCCCCCC(=O)OC[C@@H](COP(=O)(O)OCCNC(=O)CN)OC(=O)CCCCCCCCCCCCCCCCC. The van der Waals surface area contributed by atoms with E-state index in [4.69, 9.17) is 24.3 Å². The molecule has 55 heavy (non-hydrogen) atoms. The molecule has 0 aromatic carbocycles. The molecule has 0 aliphatic carbocycles. The van der Waals surface area contributed by atoms with E-state index in [9.17, 15) is 23.8 Å². The molecule has 326 valence electrons. The van der Waals surface area contributed by atoms with Crippen LogP contribution in [0, 0.1) is 0 Å². The van der Waals surface area contributed by atoms with E-state index in [-0.39, 0.29) is 39.1 Å². The van der Waals surface area contributed by atoms with Gasteiger partial charge >= 0.3 is 19.8 Å². The van der Waals surface area contributed by atoms with Gasteiger partial charge in [-0.25, -0.2) is 4.57 Å². The molecular formula is C43H85N2O9P. The van der Waals surface area contributed by atoms with Gasteiger partial charge in [0.05, 0.1) is 19.8 Å². The van der Waals surface area contributed by atoms with Gasteiger partial charge in [0.25, 0.3) is 0 Å². The maximum absolute atomic E-state index is 12.7. The number of phosphoric ester groups is 1. The van der Waals surface area contributed by atoms with Gasteiger partial charge in [0, 0.05) is 19.4 Å². The third kappa shape index (κ3) is 40.5. The third-order valence-corrected chi connectivity index (χ3v) is 11.0. The van der Waals surface area contributed by atoms with Gasteiger partial charge in [-0.05, 0) is 12.8 Å². The average Bonchev–Trinajstić information content (AvgIpc) is 3.17. The Morgan fingerprint density at radius 1 is 0.545 bits per heavy atom. The van der Waals surface area contributed by atoms with Gasteiger partial charge in [0.1, 0.15) is 6.61 Å². The molecule has 0 fully saturated rings. The molecule has 0 aromatic rings. The fraction of sp³-hybridized carbons (Fsp3) is 0.930. The maximum Gasteiger partial charge on any atom is 0.472 e. The van der Waals surface area contributed by atoms with Gasteiger partial charge in [-0.1, -0.05) is 194 Å². The second-order valence-corrected chi connectivity index (χ2v) is 16.8. The highest BCUT2D eigenvalue weighted by molar-refractivity contribution is 7.47. The molecule has 0 rings (SSSR count). The number of hydrogen-bond donors (Lipinski definition) is 3. The Bertz CT molecular complexity index is 940. The summed E-state index contributed by atoms with van der Waals surface area (Å²) in [7, 11) is -4.52. The number of nitrogens with two attached hydrogens (primary N) is 1. The molecule has 0 spiro atoms. The van der Waals surface area contributed by atoms with Gasteiger partial charge in [-0.2, -0.15) is 0 Å². The monoisotopic (exact) mass is 805 g/mol. The lowest BCUT2D eigenvalue weighted by Gasteiger charge is -2.20. The number of carbonyl (C=O) groups is 3. The minimum atomic E-state index is -4.52. The van der Waals surface area contributed by atoms with Crippen molar-refractivity contribution < 1.29 is 42.4 Å². The minimum Gasteiger partial charge on any atom is -0.462 e. The largest absolute Gasteiger partial charge is 0.472 e. The van der Waals surface area contributed by atoms with Crippen molar-refractivity contribution in [1.82, 2.24) is 5.32 Å². The van der Waals surface area contributed by atoms with Crippen molar-refractivity contribution in [2.24, 2.45) is 5.73 Å². The van der Waals surface area contributed by atoms with Crippen LogP contribution < -0.4 is 11.1 Å². The van der Waals surface area contributed by atoms with E-state index in [2.05, 4.69) is 19.2 Å². The molecule has 1 amide bonds. The lowest BCUT2D eigenvalue weighted by molar-refractivity contribution is -0.161. The molecule has 1 unspecified atom stereocenters. The average molecular weight is 805 g/mol. The van der Waals surface area contributed by atoms with Crippen molar-refractivity contribution in [3.05, 3.63) is 0 Å². The third-order valence-electron chi connectivity index (χ3n) is 9.98. The number of carbonyl (C=O) groups excluding carboxylic acids is 3. The first-order valence-corrected chi connectivity index (χ1v) is 24.2. The number of esters is 2. The van der Waals surface area contributed by atoms with Crippen molar-refractivity contribution in [2.75, 3.05) is 32.9 Å². The quantitative estimate of drug-likeness (QED) is 0.0307. The number of phosphoric acid groups is 1. The fourth-order valence-corrected chi connectivity index (χ4v) is 7.29. The number of nitrogens with one attached hydrogen (secondary N) is 1. The van der Waals surface area contributed by atoms with Crippen LogP contribution in [0.3, 0.4) is 0 Å². The molecule has 0 heterocycles.